The molecule has 0 aliphatic carbocycles. The molecule has 0 radical (unpaired) electrons. The van der Waals surface area contributed by atoms with E-state index in [0.717, 1.165) is 25.7 Å². The lowest BCUT2D eigenvalue weighted by molar-refractivity contribution is 0.431. The van der Waals surface area contributed by atoms with Crippen LogP contribution in [0.2, 0.25) is 0 Å². The van der Waals surface area contributed by atoms with Crippen LogP contribution in [0.25, 0.3) is 0 Å². The molecule has 0 fully saturated rings. The van der Waals surface area contributed by atoms with Crippen molar-refractivity contribution in [1.29, 1.82) is 0 Å². The smallest absolute Gasteiger partial charge is 0.0985 e. The maximum absolute atomic E-state index is 10.9. The number of unbranched alkanes of at least 4 members (excludes halogenated alkanes) is 9. The molecule has 6 nitrogen and oxygen atoms in total. The Morgan fingerprint density at radius 1 is 0.727 bits per heavy atom. The molecule has 0 rings (SSSR count). The van der Waals surface area contributed by atoms with Gasteiger partial charge in [0.05, 0.1) is 31.2 Å². The van der Waals surface area contributed by atoms with Gasteiger partial charge in [-0.15, -0.1) is 0 Å². The number of hydrogen-bond acceptors (Lipinski definition) is 6. The Labute approximate surface area is 135 Å². The van der Waals surface area contributed by atoms with E-state index < -0.39 is 31.2 Å². The third kappa shape index (κ3) is 13.5. The highest BCUT2D eigenvalue weighted by atomic mass is 32.2. The van der Waals surface area contributed by atoms with Gasteiger partial charge in [0.15, 0.2) is 0 Å². The van der Waals surface area contributed by atoms with Gasteiger partial charge in [-0.05, 0) is 6.42 Å². The van der Waals surface area contributed by atoms with Gasteiger partial charge in [0.1, 0.15) is 0 Å². The molecule has 0 spiro atoms. The summed E-state index contributed by atoms with van der Waals surface area (Å²) in [6.07, 6.45) is 10.5. The molecule has 0 aromatic heterocycles. The molecule has 0 N–H and O–H groups in total. The highest BCUT2D eigenvalue weighted by molar-refractivity contribution is 7.90. The summed E-state index contributed by atoms with van der Waals surface area (Å²) in [6.45, 7) is 2.17. The van der Waals surface area contributed by atoms with Crippen LogP contribution in [-0.2, 0) is 20.2 Å². The second kappa shape index (κ2) is 11.4. The van der Waals surface area contributed by atoms with Gasteiger partial charge < -0.3 is 9.11 Å². The fourth-order valence-corrected chi connectivity index (χ4v) is 4.64. The molecule has 8 heteroatoms. The van der Waals surface area contributed by atoms with Crippen LogP contribution in [0.15, 0.2) is 0 Å². The van der Waals surface area contributed by atoms with Crippen molar-refractivity contribution in [3.63, 3.8) is 0 Å². The normalized spacial score (nSPS) is 14.1. The fourth-order valence-electron chi connectivity index (χ4n) is 2.40. The van der Waals surface area contributed by atoms with E-state index in [2.05, 4.69) is 6.92 Å². The minimum atomic E-state index is -4.74. The van der Waals surface area contributed by atoms with Crippen molar-refractivity contribution in [2.75, 3.05) is 5.75 Å². The lowest BCUT2D eigenvalue weighted by atomic mass is 10.1. The zero-order valence-corrected chi connectivity index (χ0v) is 15.0. The van der Waals surface area contributed by atoms with Crippen LogP contribution in [0.1, 0.15) is 77.6 Å². The van der Waals surface area contributed by atoms with E-state index >= 15 is 0 Å². The van der Waals surface area contributed by atoms with Gasteiger partial charge >= 0.3 is 0 Å². The van der Waals surface area contributed by atoms with E-state index in [1.54, 1.807) is 0 Å². The molecule has 134 valence electrons. The summed E-state index contributed by atoms with van der Waals surface area (Å²) in [4.78, 5) is 0. The van der Waals surface area contributed by atoms with Crippen LogP contribution in [0.5, 0.6) is 0 Å². The molecule has 0 aromatic rings. The highest BCUT2D eigenvalue weighted by Gasteiger charge is 2.18. The molecule has 0 aliphatic rings. The molecule has 0 heterocycles. The Kier molecular flexibility index (Phi) is 11.3. The van der Waals surface area contributed by atoms with Crippen molar-refractivity contribution in [2.24, 2.45) is 0 Å². The zero-order chi connectivity index (χ0) is 17.1. The van der Waals surface area contributed by atoms with Crippen LogP contribution >= 0.6 is 0 Å². The van der Waals surface area contributed by atoms with Crippen molar-refractivity contribution < 1.29 is 25.9 Å². The number of rotatable bonds is 14. The summed E-state index contributed by atoms with van der Waals surface area (Å²) >= 11 is 0. The molecule has 0 amide bonds. The van der Waals surface area contributed by atoms with Crippen molar-refractivity contribution in [2.45, 2.75) is 82.8 Å². The molecule has 0 aromatic carbocycles. The van der Waals surface area contributed by atoms with Gasteiger partial charge in [-0.25, -0.2) is 16.8 Å². The van der Waals surface area contributed by atoms with Gasteiger partial charge in [-0.3, -0.25) is 0 Å². The minimum Gasteiger partial charge on any atom is -0.748 e. The molecule has 1 atom stereocenters. The first-order valence-electron chi connectivity index (χ1n) is 8.05. The third-order valence-corrected chi connectivity index (χ3v) is 5.92. The van der Waals surface area contributed by atoms with Gasteiger partial charge in [-0.1, -0.05) is 71.1 Å². The van der Waals surface area contributed by atoms with Crippen molar-refractivity contribution in [1.82, 2.24) is 0 Å². The zero-order valence-electron chi connectivity index (χ0n) is 13.3. The van der Waals surface area contributed by atoms with E-state index in [1.165, 1.54) is 32.1 Å². The van der Waals surface area contributed by atoms with Gasteiger partial charge in [0.2, 0.25) is 0 Å². The van der Waals surface area contributed by atoms with Gasteiger partial charge in [-0.2, -0.15) is 0 Å². The molecule has 22 heavy (non-hydrogen) atoms. The molecule has 0 saturated heterocycles. The molecular weight excluding hydrogens is 328 g/mol. The van der Waals surface area contributed by atoms with E-state index in [4.69, 9.17) is 0 Å². The minimum absolute atomic E-state index is 0.0518. The Morgan fingerprint density at radius 3 is 1.50 bits per heavy atom. The van der Waals surface area contributed by atoms with E-state index in [1.807, 2.05) is 0 Å². The Morgan fingerprint density at radius 2 is 1.14 bits per heavy atom. The first-order valence-corrected chi connectivity index (χ1v) is 11.1. The average Bonchev–Trinajstić information content (AvgIpc) is 2.37. The first-order chi connectivity index (χ1) is 10.2. The second-order valence-electron chi connectivity index (χ2n) is 5.81. The van der Waals surface area contributed by atoms with Crippen molar-refractivity contribution in [3.05, 3.63) is 0 Å². The van der Waals surface area contributed by atoms with E-state index in [9.17, 15) is 25.9 Å². The summed E-state index contributed by atoms with van der Waals surface area (Å²) in [5.41, 5.74) is 0. The van der Waals surface area contributed by atoms with Crippen LogP contribution in [0, 0.1) is 0 Å². The summed E-state index contributed by atoms with van der Waals surface area (Å²) in [7, 11) is -9.44. The maximum Gasteiger partial charge on any atom is 0.0985 e. The predicted molar refractivity (Wildman–Crippen MR) is 84.5 cm³/mol. The summed E-state index contributed by atoms with van der Waals surface area (Å²) in [5, 5.41) is -1.61. The molecule has 1 unspecified atom stereocenters. The molecule has 0 bridgehead atoms. The van der Waals surface area contributed by atoms with E-state index in [-0.39, 0.29) is 6.42 Å². The first kappa shape index (κ1) is 21.8. The summed E-state index contributed by atoms with van der Waals surface area (Å²) in [6, 6.07) is 0. The largest absolute Gasteiger partial charge is 0.748 e. The van der Waals surface area contributed by atoms with Crippen molar-refractivity contribution >= 4 is 20.2 Å². The third-order valence-electron chi connectivity index (χ3n) is 3.68. The topological polar surface area (TPSA) is 114 Å². The van der Waals surface area contributed by atoms with E-state index in [0.29, 0.717) is 6.42 Å². The lowest BCUT2D eigenvalue weighted by Gasteiger charge is -2.21. The Hall–Kier alpha value is -0.180. The quantitative estimate of drug-likeness (QED) is 0.349. The average molecular weight is 357 g/mol. The molecular formula is C14H28O6S2-2. The van der Waals surface area contributed by atoms with Crippen LogP contribution < -0.4 is 0 Å². The lowest BCUT2D eigenvalue weighted by Crippen LogP contribution is -2.29. The van der Waals surface area contributed by atoms with Gasteiger partial charge in [0.25, 0.3) is 0 Å². The SMILES string of the molecule is CCCCCCCCCCCCC(CS(=O)(=O)[O-])S(=O)(=O)[O-]. The standard InChI is InChI=1S/C14H30O6S2/c1-2-3-4-5-6-7-8-9-10-11-12-14(22(18,19)20)13-21(15,16)17/h14H,2-13H2,1H3,(H,15,16,17)(H,18,19,20)/p-2. The highest BCUT2D eigenvalue weighted by Crippen LogP contribution is 2.15. The van der Waals surface area contributed by atoms with Gasteiger partial charge in [0, 0.05) is 0 Å². The van der Waals surface area contributed by atoms with Crippen LogP contribution in [-0.4, -0.2) is 36.9 Å². The Bertz CT molecular complexity index is 470. The summed E-state index contributed by atoms with van der Waals surface area (Å²) in [5.74, 6) is -1.11. The number of hydrogen-bond donors (Lipinski definition) is 0. The molecule has 0 saturated carbocycles. The Balaban J connectivity index is 3.78. The second-order valence-corrected chi connectivity index (χ2v) is 8.91. The van der Waals surface area contributed by atoms with Crippen LogP contribution in [0.4, 0.5) is 0 Å². The van der Waals surface area contributed by atoms with Crippen LogP contribution in [0.3, 0.4) is 0 Å². The molecule has 0 aliphatic heterocycles. The summed E-state index contributed by atoms with van der Waals surface area (Å²) < 4.78 is 64.7. The monoisotopic (exact) mass is 356 g/mol. The van der Waals surface area contributed by atoms with Crippen molar-refractivity contribution in [3.8, 4) is 0 Å². The predicted octanol–water partition coefficient (Wildman–Crippen LogP) is 2.76. The fraction of sp³-hybridized carbons (Fsp3) is 1.00. The maximum atomic E-state index is 10.9.